The molecule has 13 nitrogen and oxygen atoms in total. The molecule has 3 aromatic heterocycles. The molecule has 3 aromatic rings. The third-order valence-corrected chi connectivity index (χ3v) is 7.67. The molecule has 0 unspecified atom stereocenters. The lowest BCUT2D eigenvalue weighted by Gasteiger charge is -2.33. The Morgan fingerprint density at radius 1 is 0.971 bits per heavy atom. The number of ether oxygens (including phenoxy) is 1. The van der Waals surface area contributed by atoms with Crippen LogP contribution in [0.4, 0.5) is 11.9 Å². The first-order chi connectivity index (χ1) is 16.9. The van der Waals surface area contributed by atoms with Crippen molar-refractivity contribution in [3.63, 3.8) is 0 Å². The summed E-state index contributed by atoms with van der Waals surface area (Å²) in [6.07, 6.45) is 7.27. The second-order valence-electron chi connectivity index (χ2n) is 8.77. The van der Waals surface area contributed by atoms with E-state index in [4.69, 9.17) is 20.4 Å². The second kappa shape index (κ2) is 9.97. The van der Waals surface area contributed by atoms with Gasteiger partial charge in [0.25, 0.3) is 0 Å². The van der Waals surface area contributed by atoms with E-state index in [2.05, 4.69) is 29.3 Å². The Kier molecular flexibility index (Phi) is 6.77. The number of aryl methyl sites for hydroxylation is 1. The third-order valence-electron chi connectivity index (χ3n) is 6.36. The van der Waals surface area contributed by atoms with Gasteiger partial charge in [-0.2, -0.15) is 9.29 Å². The van der Waals surface area contributed by atoms with Crippen molar-refractivity contribution in [1.29, 1.82) is 0 Å². The van der Waals surface area contributed by atoms with Crippen LogP contribution in [0.3, 0.4) is 0 Å². The molecule has 0 radical (unpaired) electrons. The summed E-state index contributed by atoms with van der Waals surface area (Å²) in [7, 11) is -3.12. The number of piperazine rings is 1. The Morgan fingerprint density at radius 3 is 2.37 bits per heavy atom. The van der Waals surface area contributed by atoms with Crippen LogP contribution in [0.15, 0.2) is 18.7 Å². The van der Waals surface area contributed by atoms with Gasteiger partial charge >= 0.3 is 0 Å². The number of fused-ring (bicyclic) bond motifs is 1. The van der Waals surface area contributed by atoms with Gasteiger partial charge in [-0.25, -0.2) is 28.4 Å². The van der Waals surface area contributed by atoms with Crippen molar-refractivity contribution in [1.82, 2.24) is 38.7 Å². The fraction of sp³-hybridized carbons (Fsp3) is 0.571. The topological polar surface area (TPSA) is 148 Å². The van der Waals surface area contributed by atoms with Crippen LogP contribution in [0.5, 0.6) is 0 Å². The number of nitrogen functional groups attached to an aromatic ring is 1. The van der Waals surface area contributed by atoms with Gasteiger partial charge in [0.2, 0.25) is 21.9 Å². The first-order valence-corrected chi connectivity index (χ1v) is 13.5. The number of morpholine rings is 1. The molecule has 5 rings (SSSR count). The first-order valence-electron chi connectivity index (χ1n) is 11.7. The van der Waals surface area contributed by atoms with Crippen LogP contribution in [0.1, 0.15) is 6.42 Å². The van der Waals surface area contributed by atoms with E-state index in [9.17, 15) is 8.42 Å². The summed E-state index contributed by atoms with van der Waals surface area (Å²) >= 11 is 0. The van der Waals surface area contributed by atoms with Crippen LogP contribution in [-0.4, -0.2) is 112 Å². The standard InChI is InChI=1S/C21H30N10O3S/c1-35(32,33)31-7-5-28(6-8-31)3-2-4-30-15-25-18-17(16-13-23-20(22)24-14-16)26-21(27-19(18)30)29-9-11-34-12-10-29/h13-15H,2-12H2,1H3,(H2,22,23,24). The summed E-state index contributed by atoms with van der Waals surface area (Å²) in [5, 5.41) is 0. The van der Waals surface area contributed by atoms with Crippen LogP contribution in [-0.2, 0) is 21.3 Å². The van der Waals surface area contributed by atoms with E-state index in [1.165, 1.54) is 6.26 Å². The molecule has 2 aliphatic heterocycles. The molecular formula is C21H30N10O3S. The molecular weight excluding hydrogens is 472 g/mol. The number of aromatic nitrogens is 6. The van der Waals surface area contributed by atoms with Gasteiger partial charge < -0.3 is 24.8 Å². The minimum Gasteiger partial charge on any atom is -0.378 e. The molecule has 0 spiro atoms. The zero-order valence-corrected chi connectivity index (χ0v) is 20.6. The highest BCUT2D eigenvalue weighted by Gasteiger charge is 2.23. The van der Waals surface area contributed by atoms with E-state index in [0.717, 1.165) is 56.9 Å². The normalized spacial score (nSPS) is 18.4. The minimum atomic E-state index is -3.12. The van der Waals surface area contributed by atoms with Gasteiger partial charge in [-0.15, -0.1) is 0 Å². The maximum Gasteiger partial charge on any atom is 0.228 e. The number of nitrogens with two attached hydrogens (primary N) is 1. The van der Waals surface area contributed by atoms with Crippen molar-refractivity contribution in [3.05, 3.63) is 18.7 Å². The van der Waals surface area contributed by atoms with Gasteiger partial charge in [-0.3, -0.25) is 0 Å². The molecule has 0 aromatic carbocycles. The lowest BCUT2D eigenvalue weighted by Crippen LogP contribution is -2.48. The lowest BCUT2D eigenvalue weighted by molar-refractivity contribution is 0.122. The quantitative estimate of drug-likeness (QED) is 0.452. The van der Waals surface area contributed by atoms with Crippen molar-refractivity contribution in [2.45, 2.75) is 13.0 Å². The maximum atomic E-state index is 11.7. The summed E-state index contributed by atoms with van der Waals surface area (Å²) < 4.78 is 32.6. The minimum absolute atomic E-state index is 0.204. The molecule has 2 fully saturated rings. The molecule has 2 aliphatic rings. The fourth-order valence-electron chi connectivity index (χ4n) is 4.41. The average molecular weight is 503 g/mol. The molecule has 0 aliphatic carbocycles. The van der Waals surface area contributed by atoms with E-state index in [1.54, 1.807) is 23.0 Å². The highest BCUT2D eigenvalue weighted by molar-refractivity contribution is 7.88. The number of anilines is 2. The van der Waals surface area contributed by atoms with Crippen molar-refractivity contribution in [3.8, 4) is 11.3 Å². The zero-order chi connectivity index (χ0) is 24.4. The Balaban J connectivity index is 1.35. The molecule has 35 heavy (non-hydrogen) atoms. The van der Waals surface area contributed by atoms with E-state index >= 15 is 0 Å². The predicted octanol–water partition coefficient (Wildman–Crippen LogP) is -0.331. The number of rotatable bonds is 7. The SMILES string of the molecule is CS(=O)(=O)N1CCN(CCCn2cnc3c(-c4cnc(N)nc4)nc(N4CCOCC4)nc32)CC1. The Hall–Kier alpha value is -2.94. The molecule has 0 saturated carbocycles. The third kappa shape index (κ3) is 5.34. The highest BCUT2D eigenvalue weighted by atomic mass is 32.2. The number of imidazole rings is 1. The van der Waals surface area contributed by atoms with Crippen molar-refractivity contribution in [2.75, 3.05) is 75.9 Å². The van der Waals surface area contributed by atoms with Crippen LogP contribution >= 0.6 is 0 Å². The maximum absolute atomic E-state index is 11.7. The largest absolute Gasteiger partial charge is 0.378 e. The Morgan fingerprint density at radius 2 is 1.69 bits per heavy atom. The van der Waals surface area contributed by atoms with E-state index in [1.807, 2.05) is 0 Å². The van der Waals surface area contributed by atoms with Gasteiger partial charge in [-0.05, 0) is 13.0 Å². The predicted molar refractivity (Wildman–Crippen MR) is 131 cm³/mol. The lowest BCUT2D eigenvalue weighted by atomic mass is 10.2. The summed E-state index contributed by atoms with van der Waals surface area (Å²) in [6, 6.07) is 0. The van der Waals surface area contributed by atoms with Gasteiger partial charge in [-0.1, -0.05) is 0 Å². The summed E-state index contributed by atoms with van der Waals surface area (Å²) in [5.41, 5.74) is 8.54. The van der Waals surface area contributed by atoms with Crippen molar-refractivity contribution < 1.29 is 13.2 Å². The number of hydrogen-bond donors (Lipinski definition) is 1. The van der Waals surface area contributed by atoms with Crippen LogP contribution in [0.25, 0.3) is 22.4 Å². The van der Waals surface area contributed by atoms with E-state index < -0.39 is 10.0 Å². The van der Waals surface area contributed by atoms with Crippen molar-refractivity contribution >= 4 is 33.1 Å². The van der Waals surface area contributed by atoms with Gasteiger partial charge in [0.05, 0.1) is 25.8 Å². The molecule has 0 bridgehead atoms. The Bertz CT molecular complexity index is 1270. The monoisotopic (exact) mass is 502 g/mol. The van der Waals surface area contributed by atoms with Crippen LogP contribution in [0.2, 0.25) is 0 Å². The van der Waals surface area contributed by atoms with Gasteiger partial charge in [0.1, 0.15) is 11.2 Å². The Labute approximate surface area is 204 Å². The highest BCUT2D eigenvalue weighted by Crippen LogP contribution is 2.27. The van der Waals surface area contributed by atoms with Gasteiger partial charge in [0, 0.05) is 63.8 Å². The molecule has 188 valence electrons. The number of hydrogen-bond acceptors (Lipinski definition) is 11. The van der Waals surface area contributed by atoms with E-state index in [-0.39, 0.29) is 5.95 Å². The number of nitrogens with zero attached hydrogens (tertiary/aromatic N) is 9. The van der Waals surface area contributed by atoms with Gasteiger partial charge in [0.15, 0.2) is 5.65 Å². The summed E-state index contributed by atoms with van der Waals surface area (Å²) in [5.74, 6) is 0.835. The second-order valence-corrected chi connectivity index (χ2v) is 10.8. The molecule has 2 saturated heterocycles. The summed E-state index contributed by atoms with van der Waals surface area (Å²) in [4.78, 5) is 27.0. The van der Waals surface area contributed by atoms with Crippen molar-refractivity contribution in [2.24, 2.45) is 0 Å². The fourth-order valence-corrected chi connectivity index (χ4v) is 5.24. The van der Waals surface area contributed by atoms with Crippen LogP contribution < -0.4 is 10.6 Å². The molecule has 0 amide bonds. The average Bonchev–Trinajstić information content (AvgIpc) is 3.27. The zero-order valence-electron chi connectivity index (χ0n) is 19.7. The van der Waals surface area contributed by atoms with E-state index in [0.29, 0.717) is 43.5 Å². The first kappa shape index (κ1) is 23.8. The smallest absolute Gasteiger partial charge is 0.228 e. The van der Waals surface area contributed by atoms with Crippen LogP contribution in [0, 0.1) is 0 Å². The molecule has 2 N–H and O–H groups in total. The summed E-state index contributed by atoms with van der Waals surface area (Å²) in [6.45, 7) is 6.86. The molecule has 0 atom stereocenters. The molecule has 14 heteroatoms. The molecule has 5 heterocycles. The number of sulfonamides is 1.